The molecule has 0 fully saturated rings. The van der Waals surface area contributed by atoms with E-state index in [0.717, 1.165) is 39.3 Å². The van der Waals surface area contributed by atoms with Crippen LogP contribution in [0.3, 0.4) is 0 Å². The Hall–Kier alpha value is -4.72. The van der Waals surface area contributed by atoms with E-state index in [9.17, 15) is 14.4 Å². The highest BCUT2D eigenvalue weighted by Gasteiger charge is 2.40. The van der Waals surface area contributed by atoms with Crippen molar-refractivity contribution >= 4 is 23.5 Å². The lowest BCUT2D eigenvalue weighted by atomic mass is 9.88. The van der Waals surface area contributed by atoms with Gasteiger partial charge in [-0.25, -0.2) is 9.78 Å². The van der Waals surface area contributed by atoms with Gasteiger partial charge in [0.25, 0.3) is 0 Å². The van der Waals surface area contributed by atoms with Crippen LogP contribution >= 0.6 is 0 Å². The van der Waals surface area contributed by atoms with Crippen LogP contribution in [0.1, 0.15) is 53.4 Å². The number of carbonyl (C=O) groups is 3. The number of rotatable bonds is 8. The van der Waals surface area contributed by atoms with E-state index >= 15 is 0 Å². The highest BCUT2D eigenvalue weighted by molar-refractivity contribution is 5.92. The van der Waals surface area contributed by atoms with Crippen molar-refractivity contribution in [2.45, 2.75) is 51.8 Å². The smallest absolute Gasteiger partial charge is 0.329 e. The van der Waals surface area contributed by atoms with Crippen LogP contribution in [0, 0.1) is 0 Å². The lowest BCUT2D eigenvalue weighted by Gasteiger charge is -2.36. The zero-order valence-corrected chi connectivity index (χ0v) is 22.6. The molecule has 0 saturated heterocycles. The molecule has 4 aromatic rings. The third-order valence-corrected chi connectivity index (χ3v) is 7.21. The topological polar surface area (TPSA) is 104 Å². The zero-order chi connectivity index (χ0) is 28.1. The molecule has 0 spiro atoms. The molecule has 1 atom stereocenters. The molecule has 0 bridgehead atoms. The zero-order valence-electron chi connectivity index (χ0n) is 22.6. The van der Waals surface area contributed by atoms with E-state index in [1.54, 1.807) is 11.2 Å². The second-order valence-corrected chi connectivity index (χ2v) is 9.90. The number of anilines is 1. The van der Waals surface area contributed by atoms with Crippen LogP contribution in [0.4, 0.5) is 5.69 Å². The molecule has 2 heterocycles. The largest absolute Gasteiger partial charge is 0.459 e. The van der Waals surface area contributed by atoms with E-state index in [2.05, 4.69) is 15.3 Å². The average Bonchev–Trinajstić information content (AvgIpc) is 3.44. The minimum atomic E-state index is -0.806. The molecule has 40 heavy (non-hydrogen) atoms. The van der Waals surface area contributed by atoms with Crippen molar-refractivity contribution in [2.24, 2.45) is 0 Å². The van der Waals surface area contributed by atoms with Gasteiger partial charge >= 0.3 is 5.97 Å². The van der Waals surface area contributed by atoms with E-state index in [4.69, 9.17) is 4.74 Å². The van der Waals surface area contributed by atoms with Gasteiger partial charge in [0.1, 0.15) is 12.6 Å². The Morgan fingerprint density at radius 2 is 1.70 bits per heavy atom. The second-order valence-electron chi connectivity index (χ2n) is 9.90. The number of hydrogen-bond donors (Lipinski definition) is 2. The molecule has 8 heteroatoms. The van der Waals surface area contributed by atoms with Crippen molar-refractivity contribution in [1.82, 2.24) is 14.9 Å². The molecule has 1 aromatic heterocycles. The van der Waals surface area contributed by atoms with Crippen LogP contribution in [0.15, 0.2) is 85.2 Å². The SMILES string of the molecule is CCc1cc(COC(=O)[C@@H]2Cc3[nH]cnc3CN2C(=O)C(c2ccccc2)c2ccccc2)ccc1NC(C)=O. The van der Waals surface area contributed by atoms with Crippen LogP contribution < -0.4 is 5.32 Å². The van der Waals surface area contributed by atoms with Gasteiger partial charge in [0.2, 0.25) is 11.8 Å². The molecular formula is C32H32N4O4. The fourth-order valence-electron chi connectivity index (χ4n) is 5.21. The van der Waals surface area contributed by atoms with E-state index in [0.29, 0.717) is 6.42 Å². The Bertz CT molecular complexity index is 1460. The molecule has 1 aliphatic heterocycles. The van der Waals surface area contributed by atoms with Crippen molar-refractivity contribution in [3.05, 3.63) is 119 Å². The summed E-state index contributed by atoms with van der Waals surface area (Å²) < 4.78 is 5.80. The number of imidazole rings is 1. The predicted octanol–water partition coefficient (Wildman–Crippen LogP) is 4.76. The number of ether oxygens (including phenoxy) is 1. The lowest BCUT2D eigenvalue weighted by Crippen LogP contribution is -2.51. The molecule has 3 aromatic carbocycles. The number of hydrogen-bond acceptors (Lipinski definition) is 5. The first-order valence-corrected chi connectivity index (χ1v) is 13.4. The molecule has 2 amide bonds. The van der Waals surface area contributed by atoms with Gasteiger partial charge in [-0.05, 0) is 34.7 Å². The molecule has 2 N–H and O–H groups in total. The molecule has 0 saturated carbocycles. The van der Waals surface area contributed by atoms with Gasteiger partial charge < -0.3 is 19.9 Å². The summed E-state index contributed by atoms with van der Waals surface area (Å²) in [7, 11) is 0. The summed E-state index contributed by atoms with van der Waals surface area (Å²) in [5.74, 6) is -1.37. The number of carbonyl (C=O) groups excluding carboxylic acids is 3. The quantitative estimate of drug-likeness (QED) is 0.316. The number of esters is 1. The van der Waals surface area contributed by atoms with Crippen molar-refractivity contribution in [3.8, 4) is 0 Å². The number of fused-ring (bicyclic) bond motifs is 1. The minimum absolute atomic E-state index is 0.0569. The van der Waals surface area contributed by atoms with E-state index in [-0.39, 0.29) is 31.4 Å². The molecule has 1 aliphatic rings. The van der Waals surface area contributed by atoms with Gasteiger partial charge in [-0.2, -0.15) is 0 Å². The Morgan fingerprint density at radius 3 is 2.33 bits per heavy atom. The first-order chi connectivity index (χ1) is 19.4. The Morgan fingerprint density at radius 1 is 1.02 bits per heavy atom. The van der Waals surface area contributed by atoms with Crippen molar-refractivity contribution in [1.29, 1.82) is 0 Å². The minimum Gasteiger partial charge on any atom is -0.459 e. The number of aromatic amines is 1. The maximum Gasteiger partial charge on any atom is 0.329 e. The van der Waals surface area contributed by atoms with Crippen LogP contribution in [0.5, 0.6) is 0 Å². The fraction of sp³-hybridized carbons (Fsp3) is 0.250. The van der Waals surface area contributed by atoms with Crippen LogP contribution in [0.2, 0.25) is 0 Å². The summed E-state index contributed by atoms with van der Waals surface area (Å²) in [6.45, 7) is 3.73. The standard InChI is InChI=1S/C32H32N4O4/c1-3-23-16-22(14-15-26(23)35-21(2)37)19-40-32(39)29-17-27-28(34-20-33-27)18-36(29)31(38)30(24-10-6-4-7-11-24)25-12-8-5-9-13-25/h4-16,20,29-30H,3,17-19H2,1-2H3,(H,33,34)(H,35,37)/t29-/m0/s1. The van der Waals surface area contributed by atoms with E-state index in [1.807, 2.05) is 85.8 Å². The highest BCUT2D eigenvalue weighted by atomic mass is 16.5. The second kappa shape index (κ2) is 12.0. The maximum absolute atomic E-state index is 14.3. The third-order valence-electron chi connectivity index (χ3n) is 7.21. The van der Waals surface area contributed by atoms with Crippen LogP contribution in [0.25, 0.3) is 0 Å². The summed E-state index contributed by atoms with van der Waals surface area (Å²) in [6, 6.07) is 24.0. The first-order valence-electron chi connectivity index (χ1n) is 13.4. The summed E-state index contributed by atoms with van der Waals surface area (Å²) >= 11 is 0. The molecule has 204 valence electrons. The van der Waals surface area contributed by atoms with Crippen molar-refractivity contribution in [3.63, 3.8) is 0 Å². The molecule has 0 radical (unpaired) electrons. The third kappa shape index (κ3) is 5.81. The number of benzene rings is 3. The Labute approximate surface area is 233 Å². The number of nitrogens with one attached hydrogen (secondary N) is 2. The maximum atomic E-state index is 14.3. The summed E-state index contributed by atoms with van der Waals surface area (Å²) in [5, 5.41) is 2.83. The van der Waals surface area contributed by atoms with Crippen LogP contribution in [-0.4, -0.2) is 38.7 Å². The summed E-state index contributed by atoms with van der Waals surface area (Å²) in [6.07, 6.45) is 2.60. The Balaban J connectivity index is 1.41. The average molecular weight is 537 g/mol. The van der Waals surface area contributed by atoms with Gasteiger partial charge in [-0.3, -0.25) is 9.59 Å². The number of H-pyrrole nitrogens is 1. The molecule has 0 aliphatic carbocycles. The number of aryl methyl sites for hydroxylation is 1. The van der Waals surface area contributed by atoms with Gasteiger partial charge in [-0.1, -0.05) is 79.7 Å². The van der Waals surface area contributed by atoms with Crippen LogP contribution in [-0.2, 0) is 45.1 Å². The Kier molecular flexibility index (Phi) is 8.05. The lowest BCUT2D eigenvalue weighted by molar-refractivity contribution is -0.157. The predicted molar refractivity (Wildman–Crippen MR) is 151 cm³/mol. The van der Waals surface area contributed by atoms with E-state index < -0.39 is 17.9 Å². The molecule has 5 rings (SSSR count). The molecular weight excluding hydrogens is 504 g/mol. The monoisotopic (exact) mass is 536 g/mol. The normalized spacial score (nSPS) is 14.5. The summed E-state index contributed by atoms with van der Waals surface area (Å²) in [4.78, 5) is 48.5. The van der Waals surface area contributed by atoms with Crippen molar-refractivity contribution in [2.75, 3.05) is 5.32 Å². The van der Waals surface area contributed by atoms with Gasteiger partial charge in [0.05, 0.1) is 24.5 Å². The van der Waals surface area contributed by atoms with Crippen molar-refractivity contribution < 1.29 is 19.1 Å². The number of nitrogens with zero attached hydrogens (tertiary/aromatic N) is 2. The number of amides is 2. The molecule has 0 unspecified atom stereocenters. The summed E-state index contributed by atoms with van der Waals surface area (Å²) in [5.41, 5.74) is 5.78. The highest BCUT2D eigenvalue weighted by Crippen LogP contribution is 2.31. The van der Waals surface area contributed by atoms with Gasteiger partial charge in [0.15, 0.2) is 0 Å². The molecule has 8 nitrogen and oxygen atoms in total. The number of aromatic nitrogens is 2. The van der Waals surface area contributed by atoms with E-state index in [1.165, 1.54) is 6.92 Å². The fourth-order valence-corrected chi connectivity index (χ4v) is 5.21. The van der Waals surface area contributed by atoms with Gasteiger partial charge in [0, 0.05) is 24.7 Å². The first kappa shape index (κ1) is 26.9. The van der Waals surface area contributed by atoms with Gasteiger partial charge in [-0.15, -0.1) is 0 Å².